The van der Waals surface area contributed by atoms with Crippen LogP contribution in [0.5, 0.6) is 0 Å². The van der Waals surface area contributed by atoms with Gasteiger partial charge in [0.15, 0.2) is 0 Å². The van der Waals surface area contributed by atoms with Crippen LogP contribution in [0.1, 0.15) is 265 Å². The van der Waals surface area contributed by atoms with Crippen molar-refractivity contribution in [2.45, 2.75) is 277 Å². The summed E-state index contributed by atoms with van der Waals surface area (Å²) in [5.41, 5.74) is 0. The first-order valence-electron chi connectivity index (χ1n) is 32.2. The summed E-state index contributed by atoms with van der Waals surface area (Å²) in [6, 6.07) is -0.874. The minimum absolute atomic E-state index is 0.0272. The van der Waals surface area contributed by atoms with Crippen molar-refractivity contribution in [3.8, 4) is 0 Å². The maximum Gasteiger partial charge on any atom is 0.472 e. The Hall–Kier alpha value is -3.33. The fourth-order valence-corrected chi connectivity index (χ4v) is 9.41. The molecule has 0 spiro atoms. The van der Waals surface area contributed by atoms with Crippen LogP contribution in [0.3, 0.4) is 0 Å². The number of amides is 1. The lowest BCUT2D eigenvalue weighted by Crippen LogP contribution is -2.47. The molecule has 0 rings (SSSR count). The van der Waals surface area contributed by atoms with Crippen LogP contribution in [0.2, 0.25) is 0 Å². The first kappa shape index (κ1) is 75.7. The normalized spacial score (nSPS) is 14.4. The van der Waals surface area contributed by atoms with Gasteiger partial charge in [0, 0.05) is 12.8 Å². The van der Waals surface area contributed by atoms with E-state index in [0.29, 0.717) is 23.9 Å². The summed E-state index contributed by atoms with van der Waals surface area (Å²) < 4.78 is 30.7. The number of carbonyl (C=O) groups is 2. The third-order valence-corrected chi connectivity index (χ3v) is 14.7. The molecule has 79 heavy (non-hydrogen) atoms. The molecule has 454 valence electrons. The van der Waals surface area contributed by atoms with Gasteiger partial charge in [-0.15, -0.1) is 0 Å². The van der Waals surface area contributed by atoms with E-state index in [1.807, 2.05) is 33.3 Å². The highest BCUT2D eigenvalue weighted by molar-refractivity contribution is 7.47. The number of rotatable bonds is 57. The van der Waals surface area contributed by atoms with Crippen LogP contribution in [0.15, 0.2) is 109 Å². The molecule has 9 nitrogen and oxygen atoms in total. The number of phosphoric acid groups is 1. The molecule has 0 heterocycles. The molecule has 0 aliphatic heterocycles. The number of nitrogens with one attached hydrogen (secondary N) is 1. The Morgan fingerprint density at radius 3 is 1.18 bits per heavy atom. The molecule has 0 aliphatic rings. The molecule has 0 aromatic rings. The first-order valence-corrected chi connectivity index (χ1v) is 33.7. The number of ether oxygens (including phenoxy) is 1. The van der Waals surface area contributed by atoms with Crippen LogP contribution in [0.4, 0.5) is 0 Å². The van der Waals surface area contributed by atoms with Crippen molar-refractivity contribution in [1.29, 1.82) is 0 Å². The maximum absolute atomic E-state index is 13.6. The van der Waals surface area contributed by atoms with Gasteiger partial charge >= 0.3 is 13.8 Å². The minimum atomic E-state index is -4.47. The zero-order valence-corrected chi connectivity index (χ0v) is 52.7. The van der Waals surface area contributed by atoms with Crippen LogP contribution >= 0.6 is 7.82 Å². The summed E-state index contributed by atoms with van der Waals surface area (Å²) >= 11 is 0. The van der Waals surface area contributed by atoms with Crippen molar-refractivity contribution in [1.82, 2.24) is 5.32 Å². The third-order valence-electron chi connectivity index (χ3n) is 13.7. The fraction of sp³-hybridized carbons (Fsp3) is 0.710. The van der Waals surface area contributed by atoms with E-state index in [1.165, 1.54) is 96.3 Å². The molecule has 0 aliphatic carbocycles. The second-order valence-electron chi connectivity index (χ2n) is 22.6. The molecular formula is C69H122N2O7P+. The number of carbonyl (C=O) groups excluding carboxylic acids is 2. The van der Waals surface area contributed by atoms with E-state index in [1.54, 1.807) is 0 Å². The van der Waals surface area contributed by atoms with Crippen LogP contribution in [-0.2, 0) is 27.9 Å². The molecule has 10 heteroatoms. The van der Waals surface area contributed by atoms with Gasteiger partial charge in [-0.3, -0.25) is 18.6 Å². The SMILES string of the molecule is CCCCC/C=C\C/C=C\C/C=C\C/C=C\CCCCCCCC(=O)NC(COP(=O)(O)OCC[N+](C)(C)C)C(/C=C/CCCCCCCCCCC)OC(=O)CCCCCCC/C=C\C/C=C\C/C=C\C/C=C\CCCCC. The van der Waals surface area contributed by atoms with Crippen molar-refractivity contribution >= 4 is 19.7 Å². The van der Waals surface area contributed by atoms with Gasteiger partial charge in [0.25, 0.3) is 0 Å². The smallest absolute Gasteiger partial charge is 0.456 e. The average molecular weight is 1120 g/mol. The first-order chi connectivity index (χ1) is 38.4. The summed E-state index contributed by atoms with van der Waals surface area (Å²) in [5.74, 6) is -0.552. The Bertz CT molecular complexity index is 1720. The molecular weight excluding hydrogens is 1000 g/mol. The molecule has 3 atom stereocenters. The zero-order chi connectivity index (χ0) is 57.9. The van der Waals surface area contributed by atoms with Gasteiger partial charge in [-0.1, -0.05) is 240 Å². The lowest BCUT2D eigenvalue weighted by molar-refractivity contribution is -0.870. The summed E-state index contributed by atoms with van der Waals surface area (Å²) in [6.07, 6.45) is 79.4. The number of allylic oxidation sites excluding steroid dienone is 17. The molecule has 0 bridgehead atoms. The Kier molecular flexibility index (Phi) is 55.4. The topological polar surface area (TPSA) is 111 Å². The molecule has 0 aromatic heterocycles. The van der Waals surface area contributed by atoms with E-state index in [9.17, 15) is 19.0 Å². The predicted octanol–water partition coefficient (Wildman–Crippen LogP) is 20.1. The van der Waals surface area contributed by atoms with E-state index in [4.69, 9.17) is 13.8 Å². The number of phosphoric ester groups is 1. The molecule has 3 unspecified atom stereocenters. The quantitative estimate of drug-likeness (QED) is 0.0205. The van der Waals surface area contributed by atoms with Gasteiger partial charge in [0.2, 0.25) is 5.91 Å². The van der Waals surface area contributed by atoms with Gasteiger partial charge < -0.3 is 19.4 Å². The fourth-order valence-electron chi connectivity index (χ4n) is 8.67. The molecule has 2 N–H and O–H groups in total. The maximum atomic E-state index is 13.6. The zero-order valence-electron chi connectivity index (χ0n) is 51.8. The van der Waals surface area contributed by atoms with Gasteiger partial charge in [0.1, 0.15) is 19.3 Å². The van der Waals surface area contributed by atoms with E-state index < -0.39 is 20.0 Å². The number of hydrogen-bond acceptors (Lipinski definition) is 6. The summed E-state index contributed by atoms with van der Waals surface area (Å²) in [4.78, 5) is 37.7. The Labute approximate surface area is 487 Å². The standard InChI is InChI=1S/C69H121N2O7P/c1-7-10-13-16-19-22-25-27-29-31-33-35-37-39-41-43-46-49-52-55-58-61-68(72)70-66(65-77-79(74,75)76-64-63-71(4,5)6)67(60-57-54-51-48-45-24-21-18-15-12-9-3)78-69(73)62-59-56-53-50-47-44-42-40-38-36-34-32-30-28-26-23-20-17-14-11-8-2/h19-20,22-23,27-30,33-36,39-42,57,60,66-67H,7-18,21,24-26,31-32,37-38,43-56,58-59,61-65H2,1-6H3,(H-,70,72,74,75)/p+1/b22-19-,23-20-,29-27-,30-28-,35-33-,36-34-,41-39-,42-40-,60-57+. The molecule has 0 fully saturated rings. The highest BCUT2D eigenvalue weighted by atomic mass is 31.2. The van der Waals surface area contributed by atoms with Crippen molar-refractivity contribution in [2.24, 2.45) is 0 Å². The van der Waals surface area contributed by atoms with E-state index in [0.717, 1.165) is 128 Å². The van der Waals surface area contributed by atoms with Crippen LogP contribution < -0.4 is 5.32 Å². The van der Waals surface area contributed by atoms with E-state index >= 15 is 0 Å². The van der Waals surface area contributed by atoms with Crippen LogP contribution in [0.25, 0.3) is 0 Å². The summed E-state index contributed by atoms with van der Waals surface area (Å²) in [6.45, 7) is 6.91. The van der Waals surface area contributed by atoms with Gasteiger partial charge in [-0.25, -0.2) is 4.57 Å². The summed E-state index contributed by atoms with van der Waals surface area (Å²) in [5, 5.41) is 3.04. The van der Waals surface area contributed by atoms with Gasteiger partial charge in [-0.2, -0.15) is 0 Å². The van der Waals surface area contributed by atoms with E-state index in [-0.39, 0.29) is 31.5 Å². The van der Waals surface area contributed by atoms with Crippen LogP contribution in [0, 0.1) is 0 Å². The second-order valence-corrected chi connectivity index (χ2v) is 24.0. The van der Waals surface area contributed by atoms with Crippen molar-refractivity contribution < 1.29 is 37.3 Å². The molecule has 0 aromatic carbocycles. The lowest BCUT2D eigenvalue weighted by Gasteiger charge is -2.27. The highest BCUT2D eigenvalue weighted by Crippen LogP contribution is 2.43. The number of unbranched alkanes of at least 4 members (excludes halogenated alkanes) is 25. The summed E-state index contributed by atoms with van der Waals surface area (Å²) in [7, 11) is 1.46. The van der Waals surface area contributed by atoms with Crippen molar-refractivity contribution in [2.75, 3.05) is 40.9 Å². The number of quaternary nitrogens is 1. The lowest BCUT2D eigenvalue weighted by atomic mass is 10.1. The Morgan fingerprint density at radius 1 is 0.443 bits per heavy atom. The Morgan fingerprint density at radius 2 is 0.772 bits per heavy atom. The number of likely N-dealkylation sites (N-methyl/N-ethyl adjacent to an activating group) is 1. The molecule has 0 radical (unpaired) electrons. The molecule has 0 saturated carbocycles. The third kappa shape index (κ3) is 59.1. The Balaban J connectivity index is 5.27. The minimum Gasteiger partial charge on any atom is -0.456 e. The second kappa shape index (κ2) is 57.9. The van der Waals surface area contributed by atoms with Crippen molar-refractivity contribution in [3.05, 3.63) is 109 Å². The van der Waals surface area contributed by atoms with Crippen molar-refractivity contribution in [3.63, 3.8) is 0 Å². The predicted molar refractivity (Wildman–Crippen MR) is 341 cm³/mol. The molecule has 1 amide bonds. The molecule has 0 saturated heterocycles. The largest absolute Gasteiger partial charge is 0.472 e. The average Bonchev–Trinajstić information content (AvgIpc) is 3.41. The number of esters is 1. The van der Waals surface area contributed by atoms with Crippen LogP contribution in [-0.4, -0.2) is 74.3 Å². The number of hydrogen-bond donors (Lipinski definition) is 2. The van der Waals surface area contributed by atoms with E-state index in [2.05, 4.69) is 123 Å². The number of nitrogens with zero attached hydrogens (tertiary/aromatic N) is 1. The monoisotopic (exact) mass is 1120 g/mol. The highest BCUT2D eigenvalue weighted by Gasteiger charge is 2.30. The van der Waals surface area contributed by atoms with Gasteiger partial charge in [0.05, 0.1) is 33.8 Å². The van der Waals surface area contributed by atoms with Gasteiger partial charge in [-0.05, 0) is 122 Å².